The third kappa shape index (κ3) is 3.46. The first-order chi connectivity index (χ1) is 7.02. The Morgan fingerprint density at radius 1 is 1.53 bits per heavy atom. The Morgan fingerprint density at radius 3 is 2.67 bits per heavy atom. The van der Waals surface area contributed by atoms with Gasteiger partial charge in [-0.2, -0.15) is 0 Å². The molecule has 0 aromatic heterocycles. The van der Waals surface area contributed by atoms with Crippen molar-refractivity contribution < 1.29 is 4.79 Å². The van der Waals surface area contributed by atoms with E-state index in [1.165, 1.54) is 3.57 Å². The molecule has 0 fully saturated rings. The Kier molecular flexibility index (Phi) is 4.53. The highest BCUT2D eigenvalue weighted by Gasteiger charge is 2.14. The highest BCUT2D eigenvalue weighted by Crippen LogP contribution is 2.13. The Morgan fingerprint density at radius 2 is 2.13 bits per heavy atom. The summed E-state index contributed by atoms with van der Waals surface area (Å²) in [7, 11) is 1.77. The third-order valence-corrected chi connectivity index (χ3v) is 3.18. The van der Waals surface area contributed by atoms with E-state index in [4.69, 9.17) is 5.73 Å². The summed E-state index contributed by atoms with van der Waals surface area (Å²) in [6.07, 6.45) is 0. The minimum absolute atomic E-state index is 0.0327. The van der Waals surface area contributed by atoms with Crippen LogP contribution in [0, 0.1) is 3.57 Å². The molecule has 1 amide bonds. The van der Waals surface area contributed by atoms with Crippen LogP contribution in [-0.4, -0.2) is 23.9 Å². The number of rotatable bonds is 3. The van der Waals surface area contributed by atoms with Gasteiger partial charge in [-0.05, 0) is 41.1 Å². The fourth-order valence-corrected chi connectivity index (χ4v) is 1.87. The highest BCUT2D eigenvalue weighted by molar-refractivity contribution is 14.1. The summed E-state index contributed by atoms with van der Waals surface area (Å²) in [5, 5.41) is 0. The molecule has 15 heavy (non-hydrogen) atoms. The average Bonchev–Trinajstić information content (AvgIpc) is 2.20. The molecule has 0 unspecified atom stereocenters. The van der Waals surface area contributed by atoms with Gasteiger partial charge in [0.2, 0.25) is 5.91 Å². The lowest BCUT2D eigenvalue weighted by Crippen LogP contribution is -2.39. The van der Waals surface area contributed by atoms with E-state index in [1.807, 2.05) is 24.3 Å². The normalized spacial score (nSPS) is 12.3. The van der Waals surface area contributed by atoms with Gasteiger partial charge in [-0.1, -0.05) is 18.2 Å². The Hall–Kier alpha value is -0.620. The van der Waals surface area contributed by atoms with E-state index in [2.05, 4.69) is 22.6 Å². The van der Waals surface area contributed by atoms with Gasteiger partial charge in [-0.25, -0.2) is 0 Å². The second-order valence-corrected chi connectivity index (χ2v) is 4.74. The molecule has 0 radical (unpaired) electrons. The van der Waals surface area contributed by atoms with Gasteiger partial charge < -0.3 is 10.6 Å². The van der Waals surface area contributed by atoms with Crippen molar-refractivity contribution in [1.29, 1.82) is 0 Å². The molecule has 0 bridgehead atoms. The molecule has 1 atom stereocenters. The lowest BCUT2D eigenvalue weighted by molar-refractivity contribution is -0.131. The van der Waals surface area contributed by atoms with E-state index >= 15 is 0 Å². The van der Waals surface area contributed by atoms with Gasteiger partial charge in [-0.3, -0.25) is 4.79 Å². The summed E-state index contributed by atoms with van der Waals surface area (Å²) >= 11 is 2.27. The number of nitrogens with zero attached hydrogens (tertiary/aromatic N) is 1. The van der Waals surface area contributed by atoms with Gasteiger partial charge in [0.1, 0.15) is 0 Å². The summed E-state index contributed by atoms with van der Waals surface area (Å²) in [4.78, 5) is 13.2. The second-order valence-electron chi connectivity index (χ2n) is 3.57. The number of hydrogen-bond acceptors (Lipinski definition) is 2. The van der Waals surface area contributed by atoms with E-state index < -0.39 is 6.04 Å². The van der Waals surface area contributed by atoms with Crippen LogP contribution in [0.2, 0.25) is 0 Å². The van der Waals surface area contributed by atoms with Crippen LogP contribution in [0.3, 0.4) is 0 Å². The van der Waals surface area contributed by atoms with Gasteiger partial charge in [-0.15, -0.1) is 0 Å². The molecule has 0 aliphatic heterocycles. The van der Waals surface area contributed by atoms with E-state index in [-0.39, 0.29) is 5.91 Å². The predicted molar refractivity (Wildman–Crippen MR) is 69.3 cm³/mol. The van der Waals surface area contributed by atoms with Crippen LogP contribution in [0.1, 0.15) is 12.5 Å². The van der Waals surface area contributed by atoms with E-state index in [0.29, 0.717) is 6.54 Å². The maximum absolute atomic E-state index is 11.6. The molecule has 3 nitrogen and oxygen atoms in total. The van der Waals surface area contributed by atoms with Gasteiger partial charge in [0.05, 0.1) is 6.04 Å². The van der Waals surface area contributed by atoms with Gasteiger partial charge in [0.15, 0.2) is 0 Å². The molecule has 0 saturated carbocycles. The van der Waals surface area contributed by atoms with Crippen LogP contribution in [0.4, 0.5) is 0 Å². The number of nitrogens with two attached hydrogens (primary N) is 1. The zero-order valence-electron chi connectivity index (χ0n) is 8.90. The molecule has 0 aliphatic carbocycles. The van der Waals surface area contributed by atoms with Gasteiger partial charge in [0.25, 0.3) is 0 Å². The van der Waals surface area contributed by atoms with Crippen LogP contribution < -0.4 is 5.73 Å². The third-order valence-electron chi connectivity index (χ3n) is 2.13. The zero-order valence-corrected chi connectivity index (χ0v) is 11.1. The van der Waals surface area contributed by atoms with Crippen molar-refractivity contribution >= 4 is 28.5 Å². The standard InChI is InChI=1S/C11H15IN2O/c1-8(13)11(15)14(2)7-9-5-3-4-6-10(9)12/h3-6,8H,7,13H2,1-2H3/t8-/m0/s1. The largest absolute Gasteiger partial charge is 0.340 e. The predicted octanol–water partition coefficient (Wildman–Crippen LogP) is 1.60. The van der Waals surface area contributed by atoms with Gasteiger partial charge >= 0.3 is 0 Å². The molecule has 0 aliphatic rings. The molecule has 1 rings (SSSR count). The lowest BCUT2D eigenvalue weighted by atomic mass is 10.2. The van der Waals surface area contributed by atoms with Crippen LogP contribution in [0.25, 0.3) is 0 Å². The molecule has 4 heteroatoms. The Labute approximate surface area is 104 Å². The van der Waals surface area contributed by atoms with E-state index in [1.54, 1.807) is 18.9 Å². The molecule has 2 N–H and O–H groups in total. The lowest BCUT2D eigenvalue weighted by Gasteiger charge is -2.19. The highest BCUT2D eigenvalue weighted by atomic mass is 127. The SMILES string of the molecule is C[C@H](N)C(=O)N(C)Cc1ccccc1I. The number of likely N-dealkylation sites (N-methyl/N-ethyl adjacent to an activating group) is 1. The molecular formula is C11H15IN2O. The summed E-state index contributed by atoms with van der Waals surface area (Å²) < 4.78 is 1.17. The fourth-order valence-electron chi connectivity index (χ4n) is 1.31. The zero-order chi connectivity index (χ0) is 11.4. The molecule has 0 spiro atoms. The molecule has 0 saturated heterocycles. The van der Waals surface area contributed by atoms with Crippen molar-refractivity contribution in [3.05, 3.63) is 33.4 Å². The van der Waals surface area contributed by atoms with Crippen LogP contribution in [0.5, 0.6) is 0 Å². The second kappa shape index (κ2) is 5.46. The smallest absolute Gasteiger partial charge is 0.239 e. The Bertz CT molecular complexity index is 352. The molecular weight excluding hydrogens is 303 g/mol. The van der Waals surface area contributed by atoms with Crippen LogP contribution in [-0.2, 0) is 11.3 Å². The van der Waals surface area contributed by atoms with Crippen molar-refractivity contribution in [3.8, 4) is 0 Å². The van der Waals surface area contributed by atoms with Crippen molar-refractivity contribution in [2.75, 3.05) is 7.05 Å². The maximum atomic E-state index is 11.6. The van der Waals surface area contributed by atoms with Crippen molar-refractivity contribution in [3.63, 3.8) is 0 Å². The molecule has 1 aromatic rings. The first-order valence-electron chi connectivity index (χ1n) is 4.76. The topological polar surface area (TPSA) is 46.3 Å². The number of carbonyl (C=O) groups is 1. The first-order valence-corrected chi connectivity index (χ1v) is 5.84. The summed E-state index contributed by atoms with van der Waals surface area (Å²) in [5.41, 5.74) is 6.68. The molecule has 0 heterocycles. The quantitative estimate of drug-likeness (QED) is 0.861. The number of halogens is 1. The van der Waals surface area contributed by atoms with E-state index in [0.717, 1.165) is 5.56 Å². The number of benzene rings is 1. The summed E-state index contributed by atoms with van der Waals surface area (Å²) in [6.45, 7) is 2.31. The number of hydrogen-bond donors (Lipinski definition) is 1. The van der Waals surface area contributed by atoms with Crippen molar-refractivity contribution in [2.24, 2.45) is 5.73 Å². The van der Waals surface area contributed by atoms with Gasteiger partial charge in [0, 0.05) is 17.2 Å². The van der Waals surface area contributed by atoms with Crippen molar-refractivity contribution in [2.45, 2.75) is 19.5 Å². The minimum atomic E-state index is -0.434. The molecule has 1 aromatic carbocycles. The summed E-state index contributed by atoms with van der Waals surface area (Å²) in [6, 6.07) is 7.57. The average molecular weight is 318 g/mol. The number of amides is 1. The molecule has 82 valence electrons. The minimum Gasteiger partial charge on any atom is -0.340 e. The maximum Gasteiger partial charge on any atom is 0.239 e. The van der Waals surface area contributed by atoms with E-state index in [9.17, 15) is 4.79 Å². The monoisotopic (exact) mass is 318 g/mol. The Balaban J connectivity index is 2.71. The first kappa shape index (κ1) is 12.4. The number of carbonyl (C=O) groups excluding carboxylic acids is 1. The fraction of sp³-hybridized carbons (Fsp3) is 0.364. The van der Waals surface area contributed by atoms with Crippen LogP contribution in [0.15, 0.2) is 24.3 Å². The summed E-state index contributed by atoms with van der Waals surface area (Å²) in [5.74, 6) is -0.0327. The van der Waals surface area contributed by atoms with Crippen LogP contribution >= 0.6 is 22.6 Å². The van der Waals surface area contributed by atoms with Crippen molar-refractivity contribution in [1.82, 2.24) is 4.90 Å².